The van der Waals surface area contributed by atoms with Crippen molar-refractivity contribution < 1.29 is 22.8 Å². The molecular weight excluding hydrogens is 461 g/mol. The van der Waals surface area contributed by atoms with Gasteiger partial charge in [-0.25, -0.2) is 9.69 Å². The highest BCUT2D eigenvalue weighted by molar-refractivity contribution is 8.00. The Bertz CT molecular complexity index is 1140. The molecule has 0 N–H and O–H groups in total. The van der Waals surface area contributed by atoms with E-state index in [0.717, 1.165) is 23.3 Å². The van der Waals surface area contributed by atoms with Gasteiger partial charge in [0.1, 0.15) is 5.54 Å². The van der Waals surface area contributed by atoms with E-state index < -0.39 is 23.0 Å². The molecule has 178 valence electrons. The van der Waals surface area contributed by atoms with Gasteiger partial charge >= 0.3 is 11.5 Å². The molecule has 3 amide bonds. The molecule has 2 aliphatic rings. The van der Waals surface area contributed by atoms with Crippen LogP contribution in [0.5, 0.6) is 0 Å². The number of urea groups is 1. The molecule has 1 fully saturated rings. The number of amides is 3. The van der Waals surface area contributed by atoms with Crippen molar-refractivity contribution in [3.8, 4) is 0 Å². The molecule has 1 aliphatic heterocycles. The number of carbonyl (C=O) groups is 2. The van der Waals surface area contributed by atoms with E-state index in [2.05, 4.69) is 18.2 Å². The quantitative estimate of drug-likeness (QED) is 0.342. The fourth-order valence-electron chi connectivity index (χ4n) is 4.35. The van der Waals surface area contributed by atoms with Gasteiger partial charge < -0.3 is 4.90 Å². The van der Waals surface area contributed by atoms with Crippen LogP contribution in [0.3, 0.4) is 0 Å². The molecule has 34 heavy (non-hydrogen) atoms. The average Bonchev–Trinajstić information content (AvgIpc) is 2.94. The molecule has 1 unspecified atom stereocenters. The number of thioether (sulfide) groups is 1. The van der Waals surface area contributed by atoms with E-state index >= 15 is 0 Å². The molecule has 0 aromatic heterocycles. The van der Waals surface area contributed by atoms with Gasteiger partial charge in [-0.05, 0) is 73.7 Å². The van der Waals surface area contributed by atoms with Gasteiger partial charge in [0.25, 0.3) is 5.91 Å². The van der Waals surface area contributed by atoms with Crippen LogP contribution in [0, 0.1) is 5.92 Å². The van der Waals surface area contributed by atoms with E-state index in [1.165, 1.54) is 34.7 Å². The van der Waals surface area contributed by atoms with E-state index in [0.29, 0.717) is 0 Å². The lowest BCUT2D eigenvalue weighted by atomic mass is 9.85. The highest BCUT2D eigenvalue weighted by Gasteiger charge is 2.52. The third kappa shape index (κ3) is 5.06. The normalized spacial score (nSPS) is 20.1. The molecule has 2 aromatic carbocycles. The molecule has 1 saturated heterocycles. The first-order chi connectivity index (χ1) is 16.1. The first kappa shape index (κ1) is 24.1. The van der Waals surface area contributed by atoms with Crippen molar-refractivity contribution in [3.63, 3.8) is 0 Å². The Labute approximate surface area is 201 Å². The maximum Gasteiger partial charge on any atom is 0.446 e. The maximum absolute atomic E-state index is 13.4. The Morgan fingerprint density at radius 3 is 2.50 bits per heavy atom. The molecule has 4 rings (SSSR count). The standard InChI is InChI=1S/C26H25F3N2O2S/c1-25(2)23(32)31(21-13-8-14-22(16-21)34-26(27,28)29)24(33)30(25)17-20-12-7-6-11-19(20)15-18-9-4-3-5-10-18/h3-10,12-14,16,19H,11,15,17H2,1-2H3. The molecule has 0 saturated carbocycles. The van der Waals surface area contributed by atoms with E-state index in [-0.39, 0.29) is 34.8 Å². The monoisotopic (exact) mass is 486 g/mol. The van der Waals surface area contributed by atoms with Crippen LogP contribution in [0.1, 0.15) is 25.8 Å². The molecular formula is C26H25F3N2O2S. The van der Waals surface area contributed by atoms with Gasteiger partial charge in [-0.3, -0.25) is 4.79 Å². The number of anilines is 1. The predicted octanol–water partition coefficient (Wildman–Crippen LogP) is 6.59. The Kier molecular flexibility index (Phi) is 6.62. The molecule has 1 heterocycles. The number of alkyl halides is 3. The van der Waals surface area contributed by atoms with Crippen molar-refractivity contribution in [3.05, 3.63) is 84.0 Å². The minimum atomic E-state index is -4.46. The van der Waals surface area contributed by atoms with E-state index in [1.54, 1.807) is 13.8 Å². The molecule has 0 spiro atoms. The Morgan fingerprint density at radius 1 is 1.06 bits per heavy atom. The van der Waals surface area contributed by atoms with E-state index in [4.69, 9.17) is 0 Å². The van der Waals surface area contributed by atoms with Crippen molar-refractivity contribution in [1.82, 2.24) is 4.90 Å². The number of carbonyl (C=O) groups excluding carboxylic acids is 2. The van der Waals surface area contributed by atoms with Crippen LogP contribution >= 0.6 is 11.8 Å². The van der Waals surface area contributed by atoms with Gasteiger partial charge in [-0.15, -0.1) is 0 Å². The van der Waals surface area contributed by atoms with E-state index in [9.17, 15) is 22.8 Å². The number of benzene rings is 2. The third-order valence-corrected chi connectivity index (χ3v) is 6.91. The lowest BCUT2D eigenvalue weighted by molar-refractivity contribution is -0.123. The second-order valence-electron chi connectivity index (χ2n) is 8.91. The molecule has 8 heteroatoms. The van der Waals surface area contributed by atoms with Gasteiger partial charge in [0.2, 0.25) is 0 Å². The molecule has 0 bridgehead atoms. The molecule has 2 aromatic rings. The zero-order chi connectivity index (χ0) is 24.5. The van der Waals surface area contributed by atoms with Crippen LogP contribution in [-0.2, 0) is 11.2 Å². The first-order valence-electron chi connectivity index (χ1n) is 11.0. The van der Waals surface area contributed by atoms with Crippen LogP contribution in [-0.4, -0.2) is 34.4 Å². The summed E-state index contributed by atoms with van der Waals surface area (Å²) in [6.45, 7) is 3.62. The molecule has 1 aliphatic carbocycles. The fourth-order valence-corrected chi connectivity index (χ4v) is 4.94. The van der Waals surface area contributed by atoms with E-state index in [1.807, 2.05) is 30.4 Å². The zero-order valence-electron chi connectivity index (χ0n) is 18.9. The first-order valence-corrected chi connectivity index (χ1v) is 11.8. The summed E-state index contributed by atoms with van der Waals surface area (Å²) in [4.78, 5) is 29.1. The lowest BCUT2D eigenvalue weighted by Crippen LogP contribution is -2.45. The Balaban J connectivity index is 1.58. The number of imide groups is 1. The maximum atomic E-state index is 13.4. The summed E-state index contributed by atoms with van der Waals surface area (Å²) in [5.74, 6) is -0.273. The van der Waals surface area contributed by atoms with Crippen molar-refractivity contribution in [2.75, 3.05) is 11.4 Å². The van der Waals surface area contributed by atoms with Crippen LogP contribution in [0.15, 0.2) is 83.3 Å². The average molecular weight is 487 g/mol. The summed E-state index contributed by atoms with van der Waals surface area (Å²) < 4.78 is 38.5. The minimum absolute atomic E-state index is 0.0788. The topological polar surface area (TPSA) is 40.6 Å². The van der Waals surface area contributed by atoms with Crippen molar-refractivity contribution in [1.29, 1.82) is 0 Å². The van der Waals surface area contributed by atoms with Gasteiger partial charge in [0, 0.05) is 11.4 Å². The number of hydrogen-bond donors (Lipinski definition) is 0. The summed E-state index contributed by atoms with van der Waals surface area (Å²) >= 11 is -0.273. The fraction of sp³-hybridized carbons (Fsp3) is 0.308. The molecule has 4 nitrogen and oxygen atoms in total. The van der Waals surface area contributed by atoms with Gasteiger partial charge in [-0.1, -0.05) is 54.6 Å². The highest BCUT2D eigenvalue weighted by atomic mass is 32.2. The Morgan fingerprint density at radius 2 is 1.79 bits per heavy atom. The molecule has 1 atom stereocenters. The summed E-state index contributed by atoms with van der Waals surface area (Å²) in [6.07, 6.45) is 7.69. The number of allylic oxidation sites excluding steroid dienone is 3. The summed E-state index contributed by atoms with van der Waals surface area (Å²) in [5, 5.41) is 0. The number of nitrogens with zero attached hydrogens (tertiary/aromatic N) is 2. The predicted molar refractivity (Wildman–Crippen MR) is 127 cm³/mol. The SMILES string of the molecule is CC1(C)C(=O)N(c2cccc(SC(F)(F)F)c2)C(=O)N1CC1=CC=CCC1Cc1ccccc1. The van der Waals surface area contributed by atoms with Crippen molar-refractivity contribution in [2.24, 2.45) is 5.92 Å². The van der Waals surface area contributed by atoms with Crippen LogP contribution < -0.4 is 4.90 Å². The van der Waals surface area contributed by atoms with Gasteiger partial charge in [0.05, 0.1) is 5.69 Å². The van der Waals surface area contributed by atoms with Crippen LogP contribution in [0.2, 0.25) is 0 Å². The summed E-state index contributed by atoms with van der Waals surface area (Å²) in [7, 11) is 0. The Hall–Kier alpha value is -3.00. The lowest BCUT2D eigenvalue weighted by Gasteiger charge is -2.32. The smallest absolute Gasteiger partial charge is 0.306 e. The van der Waals surface area contributed by atoms with Crippen molar-refractivity contribution >= 4 is 29.4 Å². The minimum Gasteiger partial charge on any atom is -0.306 e. The number of hydrogen-bond acceptors (Lipinski definition) is 3. The van der Waals surface area contributed by atoms with Crippen molar-refractivity contribution in [2.45, 2.75) is 42.6 Å². The summed E-state index contributed by atoms with van der Waals surface area (Å²) in [5.41, 5.74) is -3.22. The largest absolute Gasteiger partial charge is 0.446 e. The number of rotatable bonds is 6. The second kappa shape index (κ2) is 9.33. The van der Waals surface area contributed by atoms with Gasteiger partial charge in [0.15, 0.2) is 0 Å². The van der Waals surface area contributed by atoms with Crippen LogP contribution in [0.4, 0.5) is 23.7 Å². The van der Waals surface area contributed by atoms with Crippen LogP contribution in [0.25, 0.3) is 0 Å². The molecule has 0 radical (unpaired) electrons. The highest BCUT2D eigenvalue weighted by Crippen LogP contribution is 2.40. The third-order valence-electron chi connectivity index (χ3n) is 6.19. The number of halogens is 3. The second-order valence-corrected chi connectivity index (χ2v) is 10.0. The summed E-state index contributed by atoms with van der Waals surface area (Å²) in [6, 6.07) is 15.0. The zero-order valence-corrected chi connectivity index (χ0v) is 19.7. The van der Waals surface area contributed by atoms with Gasteiger partial charge in [-0.2, -0.15) is 13.2 Å².